The second-order valence-electron chi connectivity index (χ2n) is 8.29. The van der Waals surface area contributed by atoms with E-state index in [-0.39, 0.29) is 11.8 Å². The minimum atomic E-state index is -0.476. The van der Waals surface area contributed by atoms with E-state index in [4.69, 9.17) is 0 Å². The summed E-state index contributed by atoms with van der Waals surface area (Å²) in [5.74, 6) is 0.383. The van der Waals surface area contributed by atoms with Gasteiger partial charge in [0.1, 0.15) is 6.04 Å². The summed E-state index contributed by atoms with van der Waals surface area (Å²) in [6, 6.07) is 11.6. The van der Waals surface area contributed by atoms with Crippen LogP contribution in [0.4, 0.5) is 0 Å². The molecular weight excluding hydrogens is 386 g/mol. The Balaban J connectivity index is 1.56. The molecule has 0 unspecified atom stereocenters. The Labute approximate surface area is 184 Å². The highest BCUT2D eigenvalue weighted by Crippen LogP contribution is 2.25. The number of amides is 2. The van der Waals surface area contributed by atoms with Crippen molar-refractivity contribution in [2.24, 2.45) is 5.92 Å². The molecule has 0 spiro atoms. The Bertz CT molecular complexity index is 970. The Morgan fingerprint density at radius 2 is 2.06 bits per heavy atom. The molecule has 160 valence electrons. The van der Waals surface area contributed by atoms with Crippen LogP contribution < -0.4 is 0 Å². The number of carbonyl (C=O) groups is 2. The first kappa shape index (κ1) is 21.0. The topological polar surface area (TPSA) is 53.5 Å². The molecule has 31 heavy (non-hydrogen) atoms. The van der Waals surface area contributed by atoms with E-state index in [0.717, 1.165) is 29.5 Å². The number of benzene rings is 1. The average molecular weight is 416 g/mol. The highest BCUT2D eigenvalue weighted by atomic mass is 16.2. The van der Waals surface area contributed by atoms with Crippen LogP contribution in [0.2, 0.25) is 0 Å². The van der Waals surface area contributed by atoms with Gasteiger partial charge in [0.15, 0.2) is 0 Å². The van der Waals surface area contributed by atoms with Gasteiger partial charge in [0.2, 0.25) is 11.8 Å². The molecule has 1 aliphatic heterocycles. The van der Waals surface area contributed by atoms with Crippen LogP contribution in [0.15, 0.2) is 73.6 Å². The van der Waals surface area contributed by atoms with Gasteiger partial charge in [-0.3, -0.25) is 14.6 Å². The normalized spacial score (nSPS) is 20.8. The number of carbonyl (C=O) groups excluding carboxylic acids is 2. The van der Waals surface area contributed by atoms with E-state index < -0.39 is 6.04 Å². The van der Waals surface area contributed by atoms with Gasteiger partial charge in [0, 0.05) is 44.9 Å². The van der Waals surface area contributed by atoms with Gasteiger partial charge in [-0.2, -0.15) is 0 Å². The maximum atomic E-state index is 13.3. The van der Waals surface area contributed by atoms with Crippen molar-refractivity contribution < 1.29 is 9.59 Å². The number of allylic oxidation sites excluding steroid dienone is 2. The van der Waals surface area contributed by atoms with Crippen molar-refractivity contribution in [2.75, 3.05) is 19.6 Å². The van der Waals surface area contributed by atoms with Crippen LogP contribution in [0.25, 0.3) is 11.1 Å². The zero-order valence-corrected chi connectivity index (χ0v) is 17.8. The second-order valence-corrected chi connectivity index (χ2v) is 8.29. The number of aromatic nitrogens is 1. The van der Waals surface area contributed by atoms with Crippen molar-refractivity contribution in [3.8, 4) is 11.1 Å². The van der Waals surface area contributed by atoms with Crippen LogP contribution in [0.5, 0.6) is 0 Å². The van der Waals surface area contributed by atoms with Crippen molar-refractivity contribution in [1.82, 2.24) is 14.8 Å². The Hall–Kier alpha value is -3.21. The number of pyridine rings is 1. The number of hydrogen-bond donors (Lipinski definition) is 0. The van der Waals surface area contributed by atoms with E-state index in [1.165, 1.54) is 0 Å². The fourth-order valence-corrected chi connectivity index (χ4v) is 4.51. The maximum Gasteiger partial charge on any atom is 0.246 e. The quantitative estimate of drug-likeness (QED) is 0.645. The fraction of sp³-hybridized carbons (Fsp3) is 0.346. The molecule has 4 rings (SSSR count). The van der Waals surface area contributed by atoms with Gasteiger partial charge in [-0.25, -0.2) is 0 Å². The molecule has 0 saturated carbocycles. The van der Waals surface area contributed by atoms with E-state index >= 15 is 0 Å². The van der Waals surface area contributed by atoms with Gasteiger partial charge in [0.05, 0.1) is 0 Å². The van der Waals surface area contributed by atoms with Crippen LogP contribution >= 0.6 is 0 Å². The van der Waals surface area contributed by atoms with Crippen molar-refractivity contribution in [2.45, 2.75) is 31.7 Å². The molecule has 2 amide bonds. The summed E-state index contributed by atoms with van der Waals surface area (Å²) in [5.41, 5.74) is 3.14. The lowest BCUT2D eigenvalue weighted by Gasteiger charge is -2.41. The van der Waals surface area contributed by atoms with Crippen molar-refractivity contribution in [3.05, 3.63) is 79.2 Å². The van der Waals surface area contributed by atoms with E-state index in [1.54, 1.807) is 12.3 Å². The molecule has 1 aliphatic carbocycles. The third-order valence-corrected chi connectivity index (χ3v) is 6.15. The smallest absolute Gasteiger partial charge is 0.246 e. The summed E-state index contributed by atoms with van der Waals surface area (Å²) in [7, 11) is 0. The first-order chi connectivity index (χ1) is 15.2. The summed E-state index contributed by atoms with van der Waals surface area (Å²) in [5, 5.41) is 0. The Kier molecular flexibility index (Phi) is 6.60. The lowest BCUT2D eigenvalue weighted by Crippen LogP contribution is -2.59. The van der Waals surface area contributed by atoms with Gasteiger partial charge in [-0.15, -0.1) is 6.58 Å². The van der Waals surface area contributed by atoms with Gasteiger partial charge in [-0.05, 0) is 41.5 Å². The zero-order chi connectivity index (χ0) is 21.6. The minimum Gasteiger partial charge on any atom is -0.335 e. The molecule has 0 bridgehead atoms. The predicted octanol–water partition coefficient (Wildman–Crippen LogP) is 3.87. The molecule has 1 aromatic heterocycles. The lowest BCUT2D eigenvalue weighted by atomic mass is 9.96. The van der Waals surface area contributed by atoms with E-state index in [0.29, 0.717) is 38.4 Å². The molecule has 5 heteroatoms. The molecule has 2 atom stereocenters. The van der Waals surface area contributed by atoms with Crippen LogP contribution in [0.1, 0.15) is 24.8 Å². The molecule has 1 aromatic carbocycles. The summed E-state index contributed by atoms with van der Waals surface area (Å²) in [6.07, 6.45) is 12.7. The molecule has 0 radical (unpaired) electrons. The molecule has 2 heterocycles. The summed E-state index contributed by atoms with van der Waals surface area (Å²) in [6.45, 7) is 5.42. The van der Waals surface area contributed by atoms with Gasteiger partial charge < -0.3 is 9.80 Å². The zero-order valence-electron chi connectivity index (χ0n) is 17.8. The predicted molar refractivity (Wildman–Crippen MR) is 122 cm³/mol. The number of hydrogen-bond acceptors (Lipinski definition) is 3. The Morgan fingerprint density at radius 3 is 2.81 bits per heavy atom. The third kappa shape index (κ3) is 4.93. The standard InChI is InChI=1S/C26H29N3O2/c1-2-13-28-14-15-29(25(30)18-20-7-3-4-8-20)24(26(28)31)17-21-9-5-10-22(16-21)23-11-6-12-27-19-23/h2-3,5-7,9-12,16,19-20,24H,1,4,8,13-15,17-18H2/t20-,24+/m1/s1. The largest absolute Gasteiger partial charge is 0.335 e. The highest BCUT2D eigenvalue weighted by Gasteiger charge is 2.37. The Morgan fingerprint density at radius 1 is 1.19 bits per heavy atom. The lowest BCUT2D eigenvalue weighted by molar-refractivity contribution is -0.151. The van der Waals surface area contributed by atoms with Crippen molar-refractivity contribution in [3.63, 3.8) is 0 Å². The monoisotopic (exact) mass is 415 g/mol. The third-order valence-electron chi connectivity index (χ3n) is 6.15. The second kappa shape index (κ2) is 9.73. The number of piperazine rings is 1. The maximum absolute atomic E-state index is 13.3. The summed E-state index contributed by atoms with van der Waals surface area (Å²) in [4.78, 5) is 34.3. The van der Waals surface area contributed by atoms with Gasteiger partial charge in [0.25, 0.3) is 0 Å². The molecule has 5 nitrogen and oxygen atoms in total. The van der Waals surface area contributed by atoms with Gasteiger partial charge in [-0.1, -0.05) is 48.6 Å². The van der Waals surface area contributed by atoms with E-state index in [9.17, 15) is 9.59 Å². The van der Waals surface area contributed by atoms with E-state index in [2.05, 4.69) is 29.8 Å². The molecule has 1 fully saturated rings. The minimum absolute atomic E-state index is 0.00763. The van der Waals surface area contributed by atoms with Crippen LogP contribution in [0, 0.1) is 5.92 Å². The van der Waals surface area contributed by atoms with Gasteiger partial charge >= 0.3 is 0 Å². The van der Waals surface area contributed by atoms with Crippen LogP contribution in [0.3, 0.4) is 0 Å². The molecule has 2 aliphatic rings. The molecule has 2 aromatic rings. The number of nitrogens with zero attached hydrogens (tertiary/aromatic N) is 3. The summed E-state index contributed by atoms with van der Waals surface area (Å²) >= 11 is 0. The van der Waals surface area contributed by atoms with Crippen LogP contribution in [-0.2, 0) is 16.0 Å². The molecule has 0 N–H and O–H groups in total. The first-order valence-electron chi connectivity index (χ1n) is 11.0. The van der Waals surface area contributed by atoms with Crippen LogP contribution in [-0.4, -0.2) is 52.3 Å². The molecular formula is C26H29N3O2. The van der Waals surface area contributed by atoms with Crippen molar-refractivity contribution >= 4 is 11.8 Å². The average Bonchev–Trinajstić information content (AvgIpc) is 3.30. The van der Waals surface area contributed by atoms with E-state index in [1.807, 2.05) is 46.3 Å². The highest BCUT2D eigenvalue weighted by molar-refractivity contribution is 5.89. The summed E-state index contributed by atoms with van der Waals surface area (Å²) < 4.78 is 0. The van der Waals surface area contributed by atoms with Crippen molar-refractivity contribution in [1.29, 1.82) is 0 Å². The first-order valence-corrected chi connectivity index (χ1v) is 11.0. The SMILES string of the molecule is C=CCN1CCN(C(=O)C[C@@H]2C=CCC2)[C@@H](Cc2cccc(-c3cccnc3)c2)C1=O. The fourth-order valence-electron chi connectivity index (χ4n) is 4.51. The number of rotatable bonds is 7. The molecule has 1 saturated heterocycles.